The standard InChI is InChI=1S/C12H15O2S/c1-3-7-12(13)14-10(2)15-11-8-5-4-6-9-11/h4-10H,3H2,1-2H3. The first-order chi connectivity index (χ1) is 7.22. The third-order valence-electron chi connectivity index (χ3n) is 1.70. The second kappa shape index (κ2) is 6.51. The van der Waals surface area contributed by atoms with Gasteiger partial charge in [0.1, 0.15) is 5.44 Å². The minimum Gasteiger partial charge on any atom is -0.451 e. The molecule has 1 atom stereocenters. The Morgan fingerprint density at radius 1 is 1.47 bits per heavy atom. The molecular formula is C12H15O2S. The first-order valence-corrected chi connectivity index (χ1v) is 5.86. The van der Waals surface area contributed by atoms with Crippen molar-refractivity contribution in [1.82, 2.24) is 0 Å². The molecule has 1 unspecified atom stereocenters. The van der Waals surface area contributed by atoms with E-state index in [1.165, 1.54) is 11.8 Å². The molecule has 15 heavy (non-hydrogen) atoms. The number of hydrogen-bond acceptors (Lipinski definition) is 3. The predicted octanol–water partition coefficient (Wildman–Crippen LogP) is 3.28. The fourth-order valence-corrected chi connectivity index (χ4v) is 1.93. The first kappa shape index (κ1) is 12.1. The monoisotopic (exact) mass is 223 g/mol. The van der Waals surface area contributed by atoms with Crippen LogP contribution in [-0.4, -0.2) is 11.4 Å². The summed E-state index contributed by atoms with van der Waals surface area (Å²) < 4.78 is 5.16. The number of rotatable bonds is 5. The fourth-order valence-electron chi connectivity index (χ4n) is 1.09. The van der Waals surface area contributed by atoms with Gasteiger partial charge in [-0.1, -0.05) is 36.9 Å². The van der Waals surface area contributed by atoms with Gasteiger partial charge in [0.25, 0.3) is 0 Å². The minimum atomic E-state index is -0.242. The highest BCUT2D eigenvalue weighted by molar-refractivity contribution is 7.99. The van der Waals surface area contributed by atoms with Crippen molar-refractivity contribution in [2.45, 2.75) is 30.6 Å². The Morgan fingerprint density at radius 3 is 2.73 bits per heavy atom. The van der Waals surface area contributed by atoms with Crippen LogP contribution in [0.4, 0.5) is 0 Å². The Morgan fingerprint density at radius 2 is 2.13 bits per heavy atom. The smallest absolute Gasteiger partial charge is 0.310 e. The van der Waals surface area contributed by atoms with Crippen LogP contribution in [-0.2, 0) is 9.53 Å². The van der Waals surface area contributed by atoms with Gasteiger partial charge in [-0.2, -0.15) is 0 Å². The van der Waals surface area contributed by atoms with E-state index in [2.05, 4.69) is 0 Å². The number of thioether (sulfide) groups is 1. The molecule has 0 aliphatic carbocycles. The summed E-state index contributed by atoms with van der Waals surface area (Å²) in [5.41, 5.74) is -0.150. The molecule has 0 fully saturated rings. The lowest BCUT2D eigenvalue weighted by Gasteiger charge is -2.11. The zero-order chi connectivity index (χ0) is 11.1. The summed E-state index contributed by atoms with van der Waals surface area (Å²) in [6, 6.07) is 9.90. The van der Waals surface area contributed by atoms with E-state index in [4.69, 9.17) is 4.74 Å². The summed E-state index contributed by atoms with van der Waals surface area (Å²) in [6.45, 7) is 3.79. The van der Waals surface area contributed by atoms with Gasteiger partial charge in [-0.3, -0.25) is 4.79 Å². The maximum absolute atomic E-state index is 11.2. The average Bonchev–Trinajstić information content (AvgIpc) is 2.19. The van der Waals surface area contributed by atoms with E-state index < -0.39 is 0 Å². The molecule has 1 aromatic rings. The Kier molecular flexibility index (Phi) is 5.26. The number of carbonyl (C=O) groups excluding carboxylic acids is 1. The zero-order valence-corrected chi connectivity index (χ0v) is 9.79. The first-order valence-electron chi connectivity index (χ1n) is 4.98. The van der Waals surface area contributed by atoms with E-state index in [1.807, 2.05) is 44.2 Å². The Hall–Kier alpha value is -0.960. The van der Waals surface area contributed by atoms with Crippen LogP contribution in [0.5, 0.6) is 0 Å². The molecule has 0 spiro atoms. The largest absolute Gasteiger partial charge is 0.451 e. The fraction of sp³-hybridized carbons (Fsp3) is 0.333. The van der Waals surface area contributed by atoms with Crippen LogP contribution in [0.3, 0.4) is 0 Å². The van der Waals surface area contributed by atoms with E-state index in [0.717, 1.165) is 4.90 Å². The number of benzene rings is 1. The summed E-state index contributed by atoms with van der Waals surface area (Å²) >= 11 is 1.53. The van der Waals surface area contributed by atoms with Crippen LogP contribution in [0.25, 0.3) is 0 Å². The lowest BCUT2D eigenvalue weighted by atomic mass is 10.3. The number of ether oxygens (including phenoxy) is 1. The van der Waals surface area contributed by atoms with Crippen molar-refractivity contribution >= 4 is 17.7 Å². The maximum atomic E-state index is 11.2. The van der Waals surface area contributed by atoms with Gasteiger partial charge in [0, 0.05) is 4.90 Å². The van der Waals surface area contributed by atoms with Crippen LogP contribution >= 0.6 is 11.8 Å². The summed E-state index contributed by atoms with van der Waals surface area (Å²) in [7, 11) is 0. The molecule has 0 aliphatic rings. The van der Waals surface area contributed by atoms with Crippen LogP contribution in [0.2, 0.25) is 0 Å². The number of esters is 1. The quantitative estimate of drug-likeness (QED) is 0.435. The molecule has 0 amide bonds. The molecule has 3 heteroatoms. The maximum Gasteiger partial charge on any atom is 0.310 e. The molecule has 0 bridgehead atoms. The third-order valence-corrected chi connectivity index (χ3v) is 2.67. The molecule has 0 aliphatic heterocycles. The minimum absolute atomic E-state index is 0.150. The summed E-state index contributed by atoms with van der Waals surface area (Å²) in [4.78, 5) is 12.3. The molecule has 2 nitrogen and oxygen atoms in total. The molecule has 0 aromatic heterocycles. The molecule has 1 rings (SSSR count). The van der Waals surface area contributed by atoms with Gasteiger partial charge in [-0.15, -0.1) is 0 Å². The lowest BCUT2D eigenvalue weighted by molar-refractivity contribution is -0.140. The summed E-state index contributed by atoms with van der Waals surface area (Å²) in [6.07, 6.45) is 2.25. The topological polar surface area (TPSA) is 26.3 Å². The molecule has 0 N–H and O–H groups in total. The van der Waals surface area contributed by atoms with Gasteiger partial charge in [-0.25, -0.2) is 0 Å². The highest BCUT2D eigenvalue weighted by atomic mass is 32.2. The molecule has 0 saturated carbocycles. The second-order valence-electron chi connectivity index (χ2n) is 3.05. The van der Waals surface area contributed by atoms with Crippen molar-refractivity contribution in [1.29, 1.82) is 0 Å². The number of hydrogen-bond donors (Lipinski definition) is 0. The van der Waals surface area contributed by atoms with Crippen molar-refractivity contribution < 1.29 is 9.53 Å². The van der Waals surface area contributed by atoms with Gasteiger partial charge >= 0.3 is 5.97 Å². The zero-order valence-electron chi connectivity index (χ0n) is 8.97. The second-order valence-corrected chi connectivity index (χ2v) is 4.42. The normalized spacial score (nSPS) is 12.1. The van der Waals surface area contributed by atoms with E-state index >= 15 is 0 Å². The Labute approximate surface area is 95.0 Å². The summed E-state index contributed by atoms with van der Waals surface area (Å²) in [5, 5.41) is 0. The van der Waals surface area contributed by atoms with Crippen LogP contribution in [0.1, 0.15) is 20.3 Å². The van der Waals surface area contributed by atoms with Gasteiger partial charge in [-0.05, 0) is 25.5 Å². The van der Waals surface area contributed by atoms with E-state index in [0.29, 0.717) is 6.42 Å². The Bertz CT molecular complexity index is 298. The molecule has 1 aromatic carbocycles. The van der Waals surface area contributed by atoms with Gasteiger partial charge in [0.15, 0.2) is 0 Å². The molecular weight excluding hydrogens is 208 g/mol. The molecule has 0 saturated heterocycles. The predicted molar refractivity (Wildman–Crippen MR) is 62.4 cm³/mol. The van der Waals surface area contributed by atoms with Crippen molar-refractivity contribution in [3.05, 3.63) is 36.8 Å². The highest BCUT2D eigenvalue weighted by Crippen LogP contribution is 2.23. The van der Waals surface area contributed by atoms with Crippen molar-refractivity contribution in [2.24, 2.45) is 0 Å². The van der Waals surface area contributed by atoms with Crippen molar-refractivity contribution in [3.63, 3.8) is 0 Å². The van der Waals surface area contributed by atoms with Gasteiger partial charge in [0.05, 0.1) is 6.42 Å². The van der Waals surface area contributed by atoms with E-state index in [-0.39, 0.29) is 11.4 Å². The van der Waals surface area contributed by atoms with Crippen molar-refractivity contribution in [3.8, 4) is 0 Å². The van der Waals surface area contributed by atoms with E-state index in [9.17, 15) is 4.79 Å². The molecule has 0 heterocycles. The van der Waals surface area contributed by atoms with Crippen LogP contribution in [0.15, 0.2) is 35.2 Å². The summed E-state index contributed by atoms with van der Waals surface area (Å²) in [5.74, 6) is -0.242. The molecule has 1 radical (unpaired) electrons. The average molecular weight is 223 g/mol. The third kappa shape index (κ3) is 4.88. The lowest BCUT2D eigenvalue weighted by Crippen LogP contribution is -2.11. The number of carbonyl (C=O) groups is 1. The van der Waals surface area contributed by atoms with Crippen LogP contribution in [0, 0.1) is 6.42 Å². The van der Waals surface area contributed by atoms with Crippen molar-refractivity contribution in [2.75, 3.05) is 0 Å². The van der Waals surface area contributed by atoms with E-state index in [1.54, 1.807) is 6.42 Å². The van der Waals surface area contributed by atoms with Crippen LogP contribution < -0.4 is 0 Å². The highest BCUT2D eigenvalue weighted by Gasteiger charge is 2.09. The Balaban J connectivity index is 2.36. The van der Waals surface area contributed by atoms with Gasteiger partial charge in [0.2, 0.25) is 0 Å². The SMILES string of the molecule is CC[CH]C(=O)OC(C)Sc1ccccc1. The molecule has 81 valence electrons. The van der Waals surface area contributed by atoms with Gasteiger partial charge < -0.3 is 4.74 Å².